The zero-order valence-corrected chi connectivity index (χ0v) is 14.1. The number of amides is 1. The van der Waals surface area contributed by atoms with Gasteiger partial charge in [-0.15, -0.1) is 11.3 Å². The van der Waals surface area contributed by atoms with Gasteiger partial charge in [-0.05, 0) is 18.4 Å². The topological polar surface area (TPSA) is 53.4 Å². The highest BCUT2D eigenvalue weighted by atomic mass is 32.1. The lowest BCUT2D eigenvalue weighted by Gasteiger charge is -2.22. The summed E-state index contributed by atoms with van der Waals surface area (Å²) >= 11 is 1.46. The van der Waals surface area contributed by atoms with Gasteiger partial charge in [-0.3, -0.25) is 4.79 Å². The van der Waals surface area contributed by atoms with Crippen LogP contribution < -0.4 is 0 Å². The van der Waals surface area contributed by atoms with Gasteiger partial charge in [0.15, 0.2) is 0 Å². The van der Waals surface area contributed by atoms with Gasteiger partial charge < -0.3 is 10.0 Å². The number of aliphatic hydroxyl groups is 1. The average Bonchev–Trinajstić information content (AvgIpc) is 3.17. The lowest BCUT2D eigenvalue weighted by Crippen LogP contribution is -2.34. The third-order valence-electron chi connectivity index (χ3n) is 4.44. The quantitative estimate of drug-likeness (QED) is 0.917. The Morgan fingerprint density at radius 3 is 2.83 bits per heavy atom. The van der Waals surface area contributed by atoms with Gasteiger partial charge >= 0.3 is 0 Å². The highest BCUT2D eigenvalue weighted by molar-refractivity contribution is 7.13. The Morgan fingerprint density at radius 2 is 2.13 bits per heavy atom. The third-order valence-corrected chi connectivity index (χ3v) is 5.42. The molecule has 0 saturated heterocycles. The van der Waals surface area contributed by atoms with Crippen LogP contribution in [0.4, 0.5) is 0 Å². The van der Waals surface area contributed by atoms with Crippen LogP contribution in [-0.4, -0.2) is 40.6 Å². The Labute approximate surface area is 140 Å². The second-order valence-electron chi connectivity index (χ2n) is 6.22. The maximum absolute atomic E-state index is 12.5. The van der Waals surface area contributed by atoms with Gasteiger partial charge in [0.25, 0.3) is 5.91 Å². The van der Waals surface area contributed by atoms with Crippen molar-refractivity contribution in [2.75, 3.05) is 13.6 Å². The molecule has 0 aliphatic heterocycles. The summed E-state index contributed by atoms with van der Waals surface area (Å²) < 4.78 is 0. The minimum absolute atomic E-state index is 0.000844. The first-order valence-electron chi connectivity index (χ1n) is 8.05. The van der Waals surface area contributed by atoms with Crippen LogP contribution in [0.1, 0.15) is 39.5 Å². The molecule has 1 aromatic heterocycles. The van der Waals surface area contributed by atoms with Crippen molar-refractivity contribution in [1.29, 1.82) is 0 Å². The van der Waals surface area contributed by atoms with E-state index in [9.17, 15) is 9.90 Å². The second-order valence-corrected chi connectivity index (χ2v) is 7.34. The standard InChI is InChI=1S/C18H22N2O2S/c1-20(12-14-8-5-9-15(14)21)18(22)16-11-19-17(23-16)10-13-6-3-2-4-7-13/h2-4,6-7,11,14-15,21H,5,8-10,12H2,1H3. The molecule has 1 heterocycles. The number of thiazole rings is 1. The Bertz CT molecular complexity index is 656. The van der Waals surface area contributed by atoms with Crippen molar-refractivity contribution in [3.05, 3.63) is 52.0 Å². The molecule has 1 N–H and O–H groups in total. The van der Waals surface area contributed by atoms with Crippen molar-refractivity contribution in [3.63, 3.8) is 0 Å². The number of rotatable bonds is 5. The molecule has 1 aliphatic rings. The zero-order valence-electron chi connectivity index (χ0n) is 13.3. The summed E-state index contributed by atoms with van der Waals surface area (Å²) in [6, 6.07) is 10.1. The van der Waals surface area contributed by atoms with Gasteiger partial charge in [-0.2, -0.15) is 0 Å². The second kappa shape index (κ2) is 7.23. The monoisotopic (exact) mass is 330 g/mol. The zero-order chi connectivity index (χ0) is 16.2. The summed E-state index contributed by atoms with van der Waals surface area (Å²) in [6.45, 7) is 0.617. The Kier molecular flexibility index (Phi) is 5.08. The fourth-order valence-electron chi connectivity index (χ4n) is 3.11. The number of hydrogen-bond acceptors (Lipinski definition) is 4. The number of benzene rings is 1. The SMILES string of the molecule is CN(CC1CCCC1O)C(=O)c1cnc(Cc2ccccc2)s1. The molecular formula is C18H22N2O2S. The molecule has 0 spiro atoms. The van der Waals surface area contributed by atoms with Gasteiger partial charge in [0.2, 0.25) is 0 Å². The largest absolute Gasteiger partial charge is 0.393 e. The van der Waals surface area contributed by atoms with Gasteiger partial charge in [0, 0.05) is 25.9 Å². The highest BCUT2D eigenvalue weighted by Crippen LogP contribution is 2.27. The van der Waals surface area contributed by atoms with Crippen molar-refractivity contribution < 1.29 is 9.90 Å². The molecule has 1 saturated carbocycles. The van der Waals surface area contributed by atoms with E-state index in [1.807, 2.05) is 25.2 Å². The molecule has 0 bridgehead atoms. The fourth-order valence-corrected chi connectivity index (χ4v) is 4.06. The predicted octanol–water partition coefficient (Wildman–Crippen LogP) is 2.97. The summed E-state index contributed by atoms with van der Waals surface area (Å²) in [7, 11) is 1.81. The Hall–Kier alpha value is -1.72. The highest BCUT2D eigenvalue weighted by Gasteiger charge is 2.28. The minimum atomic E-state index is -0.264. The van der Waals surface area contributed by atoms with Crippen molar-refractivity contribution in [3.8, 4) is 0 Å². The van der Waals surface area contributed by atoms with E-state index in [0.717, 1.165) is 30.7 Å². The maximum Gasteiger partial charge on any atom is 0.265 e. The van der Waals surface area contributed by atoms with Gasteiger partial charge in [0.1, 0.15) is 4.88 Å². The van der Waals surface area contributed by atoms with E-state index in [1.54, 1.807) is 11.1 Å². The van der Waals surface area contributed by atoms with Crippen molar-refractivity contribution in [1.82, 2.24) is 9.88 Å². The van der Waals surface area contributed by atoms with Gasteiger partial charge in [-0.1, -0.05) is 36.8 Å². The third kappa shape index (κ3) is 3.98. The first kappa shape index (κ1) is 16.1. The van der Waals surface area contributed by atoms with Crippen LogP contribution >= 0.6 is 11.3 Å². The molecule has 5 heteroatoms. The number of aliphatic hydroxyl groups excluding tert-OH is 1. The lowest BCUT2D eigenvalue weighted by atomic mass is 10.1. The van der Waals surface area contributed by atoms with E-state index in [0.29, 0.717) is 11.4 Å². The Balaban J connectivity index is 1.61. The van der Waals surface area contributed by atoms with Crippen LogP contribution in [0.3, 0.4) is 0 Å². The molecule has 2 unspecified atom stereocenters. The minimum Gasteiger partial charge on any atom is -0.393 e. The summed E-state index contributed by atoms with van der Waals surface area (Å²) in [4.78, 5) is 19.3. The lowest BCUT2D eigenvalue weighted by molar-refractivity contribution is 0.0697. The number of carbonyl (C=O) groups is 1. The molecule has 1 fully saturated rings. The molecule has 1 aromatic carbocycles. The Morgan fingerprint density at radius 1 is 1.35 bits per heavy atom. The molecule has 4 nitrogen and oxygen atoms in total. The molecule has 122 valence electrons. The molecule has 3 rings (SSSR count). The van der Waals surface area contributed by atoms with Crippen LogP contribution in [0.15, 0.2) is 36.5 Å². The summed E-state index contributed by atoms with van der Waals surface area (Å²) in [5.74, 6) is 0.210. The van der Waals surface area contributed by atoms with E-state index < -0.39 is 0 Å². The number of aromatic nitrogens is 1. The van der Waals surface area contributed by atoms with Gasteiger partial charge in [0.05, 0.1) is 17.3 Å². The van der Waals surface area contributed by atoms with Crippen LogP contribution in [0, 0.1) is 5.92 Å². The average molecular weight is 330 g/mol. The van der Waals surface area contributed by atoms with E-state index in [-0.39, 0.29) is 17.9 Å². The number of nitrogens with zero attached hydrogens (tertiary/aromatic N) is 2. The molecule has 2 aromatic rings. The van der Waals surface area contributed by atoms with E-state index in [2.05, 4.69) is 17.1 Å². The molecule has 23 heavy (non-hydrogen) atoms. The number of carbonyl (C=O) groups excluding carboxylic acids is 1. The number of hydrogen-bond donors (Lipinski definition) is 1. The normalized spacial score (nSPS) is 20.6. The van der Waals surface area contributed by atoms with E-state index in [1.165, 1.54) is 16.9 Å². The van der Waals surface area contributed by atoms with E-state index >= 15 is 0 Å². The fraction of sp³-hybridized carbons (Fsp3) is 0.444. The van der Waals surface area contributed by atoms with Crippen LogP contribution in [0.2, 0.25) is 0 Å². The van der Waals surface area contributed by atoms with Crippen molar-refractivity contribution >= 4 is 17.2 Å². The molecular weight excluding hydrogens is 308 g/mol. The molecule has 1 amide bonds. The van der Waals surface area contributed by atoms with Crippen molar-refractivity contribution in [2.24, 2.45) is 5.92 Å². The smallest absolute Gasteiger partial charge is 0.265 e. The summed E-state index contributed by atoms with van der Waals surface area (Å²) in [6.07, 6.45) is 5.07. The van der Waals surface area contributed by atoms with E-state index in [4.69, 9.17) is 0 Å². The molecule has 2 atom stereocenters. The summed E-state index contributed by atoms with van der Waals surface area (Å²) in [5.41, 5.74) is 1.20. The first-order chi connectivity index (χ1) is 11.1. The summed E-state index contributed by atoms with van der Waals surface area (Å²) in [5, 5.41) is 10.9. The maximum atomic E-state index is 12.5. The molecule has 0 radical (unpaired) electrons. The first-order valence-corrected chi connectivity index (χ1v) is 8.87. The van der Waals surface area contributed by atoms with Crippen molar-refractivity contribution in [2.45, 2.75) is 31.8 Å². The predicted molar refractivity (Wildman–Crippen MR) is 91.7 cm³/mol. The molecule has 1 aliphatic carbocycles. The van der Waals surface area contributed by atoms with Gasteiger partial charge in [-0.25, -0.2) is 4.98 Å². The van der Waals surface area contributed by atoms with Crippen LogP contribution in [0.25, 0.3) is 0 Å². The van der Waals surface area contributed by atoms with Crippen LogP contribution in [-0.2, 0) is 6.42 Å². The van der Waals surface area contributed by atoms with Crippen LogP contribution in [0.5, 0.6) is 0 Å².